The van der Waals surface area contributed by atoms with Crippen LogP contribution in [0.2, 0.25) is 0 Å². The maximum atomic E-state index is 9.53. The molecule has 0 spiro atoms. The fourth-order valence-corrected chi connectivity index (χ4v) is 2.27. The van der Waals surface area contributed by atoms with Crippen LogP contribution in [0.1, 0.15) is 17.5 Å². The van der Waals surface area contributed by atoms with Crippen LogP contribution in [0.25, 0.3) is 0 Å². The molecule has 1 aromatic rings. The van der Waals surface area contributed by atoms with Crippen molar-refractivity contribution in [2.24, 2.45) is 5.73 Å². The third-order valence-corrected chi connectivity index (χ3v) is 3.05. The quantitative estimate of drug-likeness (QED) is 0.737. The zero-order chi connectivity index (χ0) is 11.7. The van der Waals surface area contributed by atoms with Gasteiger partial charge < -0.3 is 15.7 Å². The van der Waals surface area contributed by atoms with Gasteiger partial charge in [0.05, 0.1) is 11.7 Å². The van der Waals surface area contributed by atoms with E-state index < -0.39 is 0 Å². The number of rotatable bonds is 2. The standard InChI is InChI=1S/C11H15N3OS/c1-7-2-4-13-11(9(7)10(12)16)14-5-3-8(15)6-14/h2,4,8,15H,3,5-6H2,1H3,(H2,12,16). The van der Waals surface area contributed by atoms with E-state index in [1.807, 2.05) is 17.9 Å². The number of aliphatic hydroxyl groups excluding tert-OH is 1. The zero-order valence-corrected chi connectivity index (χ0v) is 10.00. The fraction of sp³-hybridized carbons (Fsp3) is 0.455. The van der Waals surface area contributed by atoms with Gasteiger partial charge in [0.15, 0.2) is 0 Å². The van der Waals surface area contributed by atoms with Crippen LogP contribution in [0.5, 0.6) is 0 Å². The summed E-state index contributed by atoms with van der Waals surface area (Å²) in [5, 5.41) is 9.53. The van der Waals surface area contributed by atoms with Crippen molar-refractivity contribution in [3.8, 4) is 0 Å². The van der Waals surface area contributed by atoms with Gasteiger partial charge in [-0.1, -0.05) is 12.2 Å². The van der Waals surface area contributed by atoms with Crippen LogP contribution in [-0.4, -0.2) is 34.3 Å². The Balaban J connectivity index is 2.40. The monoisotopic (exact) mass is 237 g/mol. The van der Waals surface area contributed by atoms with Crippen LogP contribution in [0.4, 0.5) is 5.82 Å². The van der Waals surface area contributed by atoms with E-state index in [0.29, 0.717) is 11.5 Å². The molecular formula is C11H15N3OS. The zero-order valence-electron chi connectivity index (χ0n) is 9.18. The molecular weight excluding hydrogens is 222 g/mol. The molecule has 2 heterocycles. The molecule has 1 atom stereocenters. The Bertz CT molecular complexity index is 422. The number of β-amino-alcohol motifs (C(OH)–C–C–N with tert-alkyl or cyclic N) is 1. The molecule has 0 saturated carbocycles. The van der Waals surface area contributed by atoms with Gasteiger partial charge in [-0.05, 0) is 25.0 Å². The highest BCUT2D eigenvalue weighted by Crippen LogP contribution is 2.24. The van der Waals surface area contributed by atoms with Gasteiger partial charge in [0.2, 0.25) is 0 Å². The predicted octanol–water partition coefficient (Wildman–Crippen LogP) is 0.595. The SMILES string of the molecule is Cc1ccnc(N2CCC(O)C2)c1C(N)=S. The summed E-state index contributed by atoms with van der Waals surface area (Å²) in [6, 6.07) is 1.89. The number of hydrogen-bond donors (Lipinski definition) is 2. The van der Waals surface area contributed by atoms with Crippen molar-refractivity contribution >= 4 is 23.0 Å². The number of pyridine rings is 1. The number of nitrogens with two attached hydrogens (primary N) is 1. The van der Waals surface area contributed by atoms with E-state index >= 15 is 0 Å². The van der Waals surface area contributed by atoms with Gasteiger partial charge in [0, 0.05) is 19.3 Å². The van der Waals surface area contributed by atoms with E-state index in [9.17, 15) is 5.11 Å². The summed E-state index contributed by atoms with van der Waals surface area (Å²) in [4.78, 5) is 6.72. The first-order valence-corrected chi connectivity index (χ1v) is 5.69. The average molecular weight is 237 g/mol. The van der Waals surface area contributed by atoms with E-state index in [-0.39, 0.29) is 6.10 Å². The number of hydrogen-bond acceptors (Lipinski definition) is 4. The van der Waals surface area contributed by atoms with Crippen molar-refractivity contribution in [2.75, 3.05) is 18.0 Å². The van der Waals surface area contributed by atoms with Crippen LogP contribution in [0, 0.1) is 6.92 Å². The first-order valence-electron chi connectivity index (χ1n) is 5.28. The summed E-state index contributed by atoms with van der Waals surface area (Å²) >= 11 is 5.05. The lowest BCUT2D eigenvalue weighted by atomic mass is 10.1. The molecule has 1 aliphatic rings. The summed E-state index contributed by atoms with van der Waals surface area (Å²) in [6.07, 6.45) is 2.24. The molecule has 1 unspecified atom stereocenters. The van der Waals surface area contributed by atoms with E-state index in [1.54, 1.807) is 6.20 Å². The van der Waals surface area contributed by atoms with Gasteiger partial charge in [0.25, 0.3) is 0 Å². The number of aromatic nitrogens is 1. The molecule has 0 bridgehead atoms. The van der Waals surface area contributed by atoms with Crippen molar-refractivity contribution in [1.82, 2.24) is 4.98 Å². The third kappa shape index (κ3) is 2.01. The Kier molecular flexibility index (Phi) is 3.07. The van der Waals surface area contributed by atoms with E-state index in [2.05, 4.69) is 4.98 Å². The molecule has 3 N–H and O–H groups in total. The van der Waals surface area contributed by atoms with Gasteiger partial charge >= 0.3 is 0 Å². The third-order valence-electron chi connectivity index (χ3n) is 2.85. The van der Waals surface area contributed by atoms with Crippen molar-refractivity contribution in [3.63, 3.8) is 0 Å². The molecule has 1 fully saturated rings. The summed E-state index contributed by atoms with van der Waals surface area (Å²) in [5.41, 5.74) is 7.57. The highest BCUT2D eigenvalue weighted by Gasteiger charge is 2.24. The van der Waals surface area contributed by atoms with E-state index in [1.165, 1.54) is 0 Å². The molecule has 86 valence electrons. The first kappa shape index (κ1) is 11.3. The lowest BCUT2D eigenvalue weighted by Gasteiger charge is -2.20. The van der Waals surface area contributed by atoms with Gasteiger partial charge in [0.1, 0.15) is 10.8 Å². The average Bonchev–Trinajstić information content (AvgIpc) is 2.63. The number of aryl methyl sites for hydroxylation is 1. The molecule has 0 radical (unpaired) electrons. The summed E-state index contributed by atoms with van der Waals surface area (Å²) in [5.74, 6) is 0.795. The van der Waals surface area contributed by atoms with Crippen LogP contribution >= 0.6 is 12.2 Å². The van der Waals surface area contributed by atoms with E-state index in [0.717, 1.165) is 29.9 Å². The maximum Gasteiger partial charge on any atom is 0.139 e. The Labute approximate surface area is 100 Å². The van der Waals surface area contributed by atoms with E-state index in [4.69, 9.17) is 18.0 Å². The highest BCUT2D eigenvalue weighted by molar-refractivity contribution is 7.80. The maximum absolute atomic E-state index is 9.53. The molecule has 1 aromatic heterocycles. The molecule has 2 rings (SSSR count). The molecule has 0 aliphatic carbocycles. The minimum atomic E-state index is -0.276. The van der Waals surface area contributed by atoms with Gasteiger partial charge in [-0.15, -0.1) is 0 Å². The second-order valence-electron chi connectivity index (χ2n) is 4.08. The Morgan fingerprint density at radius 2 is 2.44 bits per heavy atom. The number of aliphatic hydroxyl groups is 1. The van der Waals surface area contributed by atoms with Crippen molar-refractivity contribution in [1.29, 1.82) is 0 Å². The summed E-state index contributed by atoms with van der Waals surface area (Å²) < 4.78 is 0. The molecule has 1 saturated heterocycles. The minimum absolute atomic E-state index is 0.276. The van der Waals surface area contributed by atoms with Crippen LogP contribution < -0.4 is 10.6 Å². The fourth-order valence-electron chi connectivity index (χ4n) is 2.02. The largest absolute Gasteiger partial charge is 0.391 e. The molecule has 1 aliphatic heterocycles. The summed E-state index contributed by atoms with van der Waals surface area (Å²) in [6.45, 7) is 3.37. The second-order valence-corrected chi connectivity index (χ2v) is 4.52. The smallest absolute Gasteiger partial charge is 0.139 e. The number of thiocarbonyl (C=S) groups is 1. The normalized spacial score (nSPS) is 20.1. The Hall–Kier alpha value is -1.20. The molecule has 0 aromatic carbocycles. The molecule has 0 amide bonds. The molecule has 16 heavy (non-hydrogen) atoms. The number of anilines is 1. The summed E-state index contributed by atoms with van der Waals surface area (Å²) in [7, 11) is 0. The first-order chi connectivity index (χ1) is 7.59. The van der Waals surface area contributed by atoms with Crippen molar-refractivity contribution < 1.29 is 5.11 Å². The number of nitrogens with zero attached hydrogens (tertiary/aromatic N) is 2. The molecule has 4 nitrogen and oxygen atoms in total. The van der Waals surface area contributed by atoms with Crippen LogP contribution in [0.15, 0.2) is 12.3 Å². The minimum Gasteiger partial charge on any atom is -0.391 e. The Morgan fingerprint density at radius 3 is 3.00 bits per heavy atom. The Morgan fingerprint density at radius 1 is 1.69 bits per heavy atom. The van der Waals surface area contributed by atoms with Crippen molar-refractivity contribution in [3.05, 3.63) is 23.4 Å². The van der Waals surface area contributed by atoms with Crippen LogP contribution in [0.3, 0.4) is 0 Å². The predicted molar refractivity (Wildman–Crippen MR) is 67.7 cm³/mol. The van der Waals surface area contributed by atoms with Gasteiger partial charge in [-0.2, -0.15) is 0 Å². The van der Waals surface area contributed by atoms with Crippen LogP contribution in [-0.2, 0) is 0 Å². The molecule has 5 heteroatoms. The van der Waals surface area contributed by atoms with Crippen molar-refractivity contribution in [2.45, 2.75) is 19.4 Å². The lowest BCUT2D eigenvalue weighted by molar-refractivity contribution is 0.198. The van der Waals surface area contributed by atoms with Gasteiger partial charge in [-0.25, -0.2) is 4.98 Å². The lowest BCUT2D eigenvalue weighted by Crippen LogP contribution is -2.26. The van der Waals surface area contributed by atoms with Gasteiger partial charge in [-0.3, -0.25) is 0 Å². The highest BCUT2D eigenvalue weighted by atomic mass is 32.1. The second kappa shape index (κ2) is 4.35. The topological polar surface area (TPSA) is 62.4 Å².